The number of aryl methyl sites for hydroxylation is 4. The highest BCUT2D eigenvalue weighted by Crippen LogP contribution is 2.31. The summed E-state index contributed by atoms with van der Waals surface area (Å²) in [7, 11) is 0. The number of aromatic nitrogens is 2. The Labute approximate surface area is 155 Å². The van der Waals surface area contributed by atoms with Crippen LogP contribution in [0.1, 0.15) is 28.5 Å². The van der Waals surface area contributed by atoms with Crippen LogP contribution in [0.5, 0.6) is 0 Å². The Morgan fingerprint density at radius 3 is 2.64 bits per heavy atom. The van der Waals surface area contributed by atoms with Crippen molar-refractivity contribution in [2.24, 2.45) is 0 Å². The van der Waals surface area contributed by atoms with Crippen molar-refractivity contribution in [1.82, 2.24) is 9.55 Å². The number of benzene rings is 1. The molecule has 4 nitrogen and oxygen atoms in total. The van der Waals surface area contributed by atoms with Gasteiger partial charge < -0.3 is 0 Å². The number of thioether (sulfide) groups is 1. The number of nitrogens with zero attached hydrogens (tertiary/aromatic N) is 3. The van der Waals surface area contributed by atoms with E-state index in [9.17, 15) is 10.1 Å². The quantitative estimate of drug-likeness (QED) is 0.497. The Kier molecular flexibility index (Phi) is 4.72. The van der Waals surface area contributed by atoms with Crippen LogP contribution >= 0.6 is 23.1 Å². The summed E-state index contributed by atoms with van der Waals surface area (Å²) in [5.74, 6) is 0. The summed E-state index contributed by atoms with van der Waals surface area (Å²) in [5, 5.41) is 10.2. The molecule has 0 saturated heterocycles. The first-order chi connectivity index (χ1) is 11.8. The Balaban J connectivity index is 2.39. The van der Waals surface area contributed by atoms with Crippen molar-refractivity contribution in [1.29, 1.82) is 5.26 Å². The van der Waals surface area contributed by atoms with Crippen molar-refractivity contribution >= 4 is 33.3 Å². The SMILES string of the molecule is Cc1ccc(-n2c(S[C@@H](C)C#N)nc3sc(C)c(C)c3c2=O)c(C)c1. The van der Waals surface area contributed by atoms with Crippen molar-refractivity contribution in [3.63, 3.8) is 0 Å². The zero-order valence-corrected chi connectivity index (χ0v) is 16.5. The number of fused-ring (bicyclic) bond motifs is 1. The minimum Gasteiger partial charge on any atom is -0.268 e. The zero-order valence-electron chi connectivity index (χ0n) is 14.9. The summed E-state index contributed by atoms with van der Waals surface area (Å²) >= 11 is 2.85. The molecule has 0 spiro atoms. The van der Waals surface area contributed by atoms with Gasteiger partial charge in [0.15, 0.2) is 5.16 Å². The fourth-order valence-electron chi connectivity index (χ4n) is 2.81. The van der Waals surface area contributed by atoms with Crippen molar-refractivity contribution in [3.8, 4) is 11.8 Å². The summed E-state index contributed by atoms with van der Waals surface area (Å²) in [6.07, 6.45) is 0. The standard InChI is InChI=1S/C19H19N3OS2/c1-10-6-7-15(11(2)8-10)22-18(23)16-13(4)14(5)25-17(16)21-19(22)24-12(3)9-20/h6-8,12H,1-5H3/t12-/m0/s1. The molecule has 0 unspecified atom stereocenters. The summed E-state index contributed by atoms with van der Waals surface area (Å²) in [4.78, 5) is 19.9. The van der Waals surface area contributed by atoms with Gasteiger partial charge in [-0.3, -0.25) is 9.36 Å². The molecule has 0 aliphatic heterocycles. The molecule has 25 heavy (non-hydrogen) atoms. The van der Waals surface area contributed by atoms with Gasteiger partial charge in [-0.25, -0.2) is 4.98 Å². The lowest BCUT2D eigenvalue weighted by Gasteiger charge is -2.15. The van der Waals surface area contributed by atoms with Gasteiger partial charge >= 0.3 is 0 Å². The number of nitriles is 1. The van der Waals surface area contributed by atoms with E-state index in [0.29, 0.717) is 10.5 Å². The number of hydrogen-bond acceptors (Lipinski definition) is 5. The third-order valence-corrected chi connectivity index (χ3v) is 6.27. The third-order valence-electron chi connectivity index (χ3n) is 4.23. The molecule has 1 atom stereocenters. The Morgan fingerprint density at radius 2 is 2.00 bits per heavy atom. The Hall–Kier alpha value is -2.10. The summed E-state index contributed by atoms with van der Waals surface area (Å²) in [6.45, 7) is 9.81. The highest BCUT2D eigenvalue weighted by Gasteiger charge is 2.20. The second-order valence-corrected chi connectivity index (χ2v) is 8.69. The number of thiophene rings is 1. The van der Waals surface area contributed by atoms with Crippen molar-refractivity contribution in [2.45, 2.75) is 45.0 Å². The van der Waals surface area contributed by atoms with Crippen LogP contribution in [0.2, 0.25) is 0 Å². The van der Waals surface area contributed by atoms with Gasteiger partial charge in [-0.05, 0) is 51.8 Å². The monoisotopic (exact) mass is 369 g/mol. The first kappa shape index (κ1) is 17.7. The molecule has 0 fully saturated rings. The lowest BCUT2D eigenvalue weighted by Crippen LogP contribution is -2.23. The van der Waals surface area contributed by atoms with Crippen molar-refractivity contribution < 1.29 is 0 Å². The average Bonchev–Trinajstić information content (AvgIpc) is 2.83. The van der Waals surface area contributed by atoms with E-state index in [1.165, 1.54) is 23.1 Å². The molecule has 128 valence electrons. The molecular formula is C19H19N3OS2. The van der Waals surface area contributed by atoms with Crippen LogP contribution in [-0.2, 0) is 0 Å². The van der Waals surface area contributed by atoms with Crippen LogP contribution in [0.15, 0.2) is 28.2 Å². The lowest BCUT2D eigenvalue weighted by molar-refractivity contribution is 0.814. The molecular weight excluding hydrogens is 350 g/mol. The second kappa shape index (κ2) is 6.66. The predicted octanol–water partition coefficient (Wildman–Crippen LogP) is 4.69. The van der Waals surface area contributed by atoms with Crippen LogP contribution in [-0.4, -0.2) is 14.8 Å². The first-order valence-electron chi connectivity index (χ1n) is 8.00. The summed E-state index contributed by atoms with van der Waals surface area (Å²) < 4.78 is 1.66. The van der Waals surface area contributed by atoms with E-state index in [-0.39, 0.29) is 10.8 Å². The molecule has 0 radical (unpaired) electrons. The molecule has 0 N–H and O–H groups in total. The van der Waals surface area contributed by atoms with Gasteiger partial charge in [-0.1, -0.05) is 29.5 Å². The van der Waals surface area contributed by atoms with E-state index >= 15 is 0 Å². The van der Waals surface area contributed by atoms with Gasteiger partial charge in [0.2, 0.25) is 0 Å². The minimum atomic E-state index is -0.288. The van der Waals surface area contributed by atoms with E-state index in [0.717, 1.165) is 32.1 Å². The maximum absolute atomic E-state index is 13.3. The van der Waals surface area contributed by atoms with E-state index in [1.807, 2.05) is 46.8 Å². The zero-order chi connectivity index (χ0) is 18.3. The smallest absolute Gasteiger partial charge is 0.267 e. The van der Waals surface area contributed by atoms with Crippen LogP contribution in [0, 0.1) is 39.0 Å². The minimum absolute atomic E-state index is 0.0635. The Morgan fingerprint density at radius 1 is 1.28 bits per heavy atom. The van der Waals surface area contributed by atoms with E-state index in [2.05, 4.69) is 12.1 Å². The molecule has 3 aromatic rings. The van der Waals surface area contributed by atoms with Crippen molar-refractivity contribution in [2.75, 3.05) is 0 Å². The van der Waals surface area contributed by atoms with Gasteiger partial charge in [0.1, 0.15) is 4.83 Å². The molecule has 3 rings (SSSR count). The van der Waals surface area contributed by atoms with Gasteiger partial charge in [-0.15, -0.1) is 11.3 Å². The molecule has 0 aliphatic rings. The normalized spacial score (nSPS) is 12.3. The molecule has 2 aromatic heterocycles. The summed E-state index contributed by atoms with van der Waals surface area (Å²) in [5.41, 5.74) is 3.90. The molecule has 6 heteroatoms. The van der Waals surface area contributed by atoms with Gasteiger partial charge in [0.05, 0.1) is 22.4 Å². The van der Waals surface area contributed by atoms with E-state index < -0.39 is 0 Å². The highest BCUT2D eigenvalue weighted by atomic mass is 32.2. The molecule has 0 aliphatic carbocycles. The topological polar surface area (TPSA) is 58.7 Å². The molecule has 1 aromatic carbocycles. The summed E-state index contributed by atoms with van der Waals surface area (Å²) in [6, 6.07) is 8.21. The van der Waals surface area contributed by atoms with Crippen LogP contribution in [0.25, 0.3) is 15.9 Å². The van der Waals surface area contributed by atoms with Gasteiger partial charge in [0.25, 0.3) is 5.56 Å². The molecule has 0 bridgehead atoms. The Bertz CT molecular complexity index is 1070. The predicted molar refractivity (Wildman–Crippen MR) is 105 cm³/mol. The second-order valence-electron chi connectivity index (χ2n) is 6.18. The van der Waals surface area contributed by atoms with Crippen LogP contribution in [0.4, 0.5) is 0 Å². The maximum atomic E-state index is 13.3. The fourth-order valence-corrected chi connectivity index (χ4v) is 4.68. The lowest BCUT2D eigenvalue weighted by atomic mass is 10.1. The third kappa shape index (κ3) is 3.10. The maximum Gasteiger partial charge on any atom is 0.267 e. The van der Waals surface area contributed by atoms with Gasteiger partial charge in [0, 0.05) is 4.88 Å². The molecule has 2 heterocycles. The van der Waals surface area contributed by atoms with Crippen molar-refractivity contribution in [3.05, 3.63) is 50.1 Å². The van der Waals surface area contributed by atoms with Crippen LogP contribution in [0.3, 0.4) is 0 Å². The average molecular weight is 370 g/mol. The largest absolute Gasteiger partial charge is 0.268 e. The number of rotatable bonds is 3. The fraction of sp³-hybridized carbons (Fsp3) is 0.316. The first-order valence-corrected chi connectivity index (χ1v) is 9.69. The number of hydrogen-bond donors (Lipinski definition) is 0. The van der Waals surface area contributed by atoms with Crippen LogP contribution < -0.4 is 5.56 Å². The van der Waals surface area contributed by atoms with E-state index in [4.69, 9.17) is 4.98 Å². The molecule has 0 saturated carbocycles. The molecule has 0 amide bonds. The highest BCUT2D eigenvalue weighted by molar-refractivity contribution is 8.00. The van der Waals surface area contributed by atoms with E-state index in [1.54, 1.807) is 4.57 Å². The van der Waals surface area contributed by atoms with Gasteiger partial charge in [-0.2, -0.15) is 5.26 Å².